The summed E-state index contributed by atoms with van der Waals surface area (Å²) in [6.07, 6.45) is 0. The first kappa shape index (κ1) is 20.8. The average molecular weight is 432 g/mol. The van der Waals surface area contributed by atoms with Crippen LogP contribution in [0.25, 0.3) is 22.7 Å². The standard InChI is InChI=1S/C22H20N6O4/c1-31-16-9-7-15(8-10-16)21-25-19(26-27-21)12-23-20(29)13-24-22(30)17-11-18(32-28-17)14-5-3-2-4-6-14/h2-11H,12-13H2,1H3,(H,23,29)(H,24,30)(H,25,26,27). The summed E-state index contributed by atoms with van der Waals surface area (Å²) in [7, 11) is 1.60. The number of nitrogens with zero attached hydrogens (tertiary/aromatic N) is 3. The molecule has 0 aliphatic carbocycles. The van der Waals surface area contributed by atoms with Crippen LogP contribution in [0.4, 0.5) is 0 Å². The zero-order valence-electron chi connectivity index (χ0n) is 17.2. The van der Waals surface area contributed by atoms with Gasteiger partial charge in [-0.25, -0.2) is 4.98 Å². The van der Waals surface area contributed by atoms with Crippen molar-refractivity contribution in [3.63, 3.8) is 0 Å². The van der Waals surface area contributed by atoms with E-state index in [1.54, 1.807) is 7.11 Å². The molecule has 0 aliphatic heterocycles. The maximum absolute atomic E-state index is 12.2. The number of aromatic amines is 1. The summed E-state index contributed by atoms with van der Waals surface area (Å²) < 4.78 is 10.3. The normalized spacial score (nSPS) is 10.5. The minimum absolute atomic E-state index is 0.0935. The van der Waals surface area contributed by atoms with Gasteiger partial charge in [0.15, 0.2) is 17.3 Å². The maximum atomic E-state index is 12.2. The number of hydrogen-bond acceptors (Lipinski definition) is 7. The highest BCUT2D eigenvalue weighted by molar-refractivity contribution is 5.95. The van der Waals surface area contributed by atoms with Crippen LogP contribution in [0.5, 0.6) is 5.75 Å². The van der Waals surface area contributed by atoms with Crippen LogP contribution in [0, 0.1) is 0 Å². The second kappa shape index (κ2) is 9.56. The Morgan fingerprint density at radius 1 is 1.03 bits per heavy atom. The number of carbonyl (C=O) groups excluding carboxylic acids is 2. The smallest absolute Gasteiger partial charge is 0.273 e. The number of benzene rings is 2. The zero-order chi connectivity index (χ0) is 22.3. The largest absolute Gasteiger partial charge is 0.497 e. The van der Waals surface area contributed by atoms with Crippen molar-refractivity contribution in [3.05, 3.63) is 72.2 Å². The molecule has 0 aliphatic rings. The number of amides is 2. The molecule has 0 unspecified atom stereocenters. The molecule has 162 valence electrons. The fraction of sp³-hybridized carbons (Fsp3) is 0.136. The molecule has 3 N–H and O–H groups in total. The fourth-order valence-electron chi connectivity index (χ4n) is 2.86. The Morgan fingerprint density at radius 3 is 2.56 bits per heavy atom. The first-order valence-corrected chi connectivity index (χ1v) is 9.75. The molecule has 10 heteroatoms. The zero-order valence-corrected chi connectivity index (χ0v) is 17.2. The molecule has 0 saturated heterocycles. The molecular weight excluding hydrogens is 412 g/mol. The van der Waals surface area contributed by atoms with Crippen LogP contribution in [0.1, 0.15) is 16.3 Å². The summed E-state index contributed by atoms with van der Waals surface area (Å²) in [5.41, 5.74) is 1.71. The Balaban J connectivity index is 1.25. The highest BCUT2D eigenvalue weighted by Gasteiger charge is 2.15. The van der Waals surface area contributed by atoms with Gasteiger partial charge < -0.3 is 19.9 Å². The summed E-state index contributed by atoms with van der Waals surface area (Å²) >= 11 is 0. The Labute approximate surface area is 183 Å². The highest BCUT2D eigenvalue weighted by atomic mass is 16.5. The number of rotatable bonds is 8. The van der Waals surface area contributed by atoms with Crippen LogP contribution >= 0.6 is 0 Å². The van der Waals surface area contributed by atoms with Gasteiger partial charge in [-0.05, 0) is 24.3 Å². The number of aromatic nitrogens is 4. The van der Waals surface area contributed by atoms with E-state index in [-0.39, 0.29) is 24.7 Å². The van der Waals surface area contributed by atoms with Crippen molar-refractivity contribution < 1.29 is 18.8 Å². The Bertz CT molecular complexity index is 1200. The van der Waals surface area contributed by atoms with Gasteiger partial charge in [-0.2, -0.15) is 5.10 Å². The van der Waals surface area contributed by atoms with E-state index in [1.165, 1.54) is 6.07 Å². The maximum Gasteiger partial charge on any atom is 0.273 e. The summed E-state index contributed by atoms with van der Waals surface area (Å²) in [6.45, 7) is -0.0776. The van der Waals surface area contributed by atoms with E-state index in [1.807, 2.05) is 54.6 Å². The molecule has 2 heterocycles. The van der Waals surface area contributed by atoms with E-state index in [0.717, 1.165) is 16.9 Å². The van der Waals surface area contributed by atoms with Crippen LogP contribution in [0.15, 0.2) is 65.2 Å². The summed E-state index contributed by atoms with van der Waals surface area (Å²) in [6, 6.07) is 18.1. The third kappa shape index (κ3) is 4.98. The van der Waals surface area contributed by atoms with E-state index < -0.39 is 5.91 Å². The van der Waals surface area contributed by atoms with Crippen LogP contribution in [0.2, 0.25) is 0 Å². The third-order valence-corrected chi connectivity index (χ3v) is 4.54. The van der Waals surface area contributed by atoms with Crippen LogP contribution in [-0.4, -0.2) is 45.8 Å². The van der Waals surface area contributed by atoms with Crippen molar-refractivity contribution in [1.29, 1.82) is 0 Å². The lowest BCUT2D eigenvalue weighted by atomic mass is 10.1. The molecule has 10 nitrogen and oxygen atoms in total. The van der Waals surface area contributed by atoms with Crippen LogP contribution in [0.3, 0.4) is 0 Å². The number of hydrogen-bond donors (Lipinski definition) is 3. The predicted octanol–water partition coefficient (Wildman–Crippen LogP) is 2.18. The van der Waals surface area contributed by atoms with Gasteiger partial charge in [0, 0.05) is 17.2 Å². The topological polar surface area (TPSA) is 135 Å². The molecule has 0 atom stereocenters. The number of methoxy groups -OCH3 is 1. The highest BCUT2D eigenvalue weighted by Crippen LogP contribution is 2.20. The molecule has 0 fully saturated rings. The molecule has 0 saturated carbocycles. The van der Waals surface area contributed by atoms with Crippen LogP contribution in [-0.2, 0) is 11.3 Å². The number of carbonyl (C=O) groups is 2. The minimum Gasteiger partial charge on any atom is -0.497 e. The van der Waals surface area contributed by atoms with Crippen molar-refractivity contribution in [2.45, 2.75) is 6.54 Å². The molecule has 2 aromatic heterocycles. The molecule has 0 spiro atoms. The number of ether oxygens (including phenoxy) is 1. The third-order valence-electron chi connectivity index (χ3n) is 4.54. The molecule has 2 aromatic carbocycles. The first-order chi connectivity index (χ1) is 15.6. The van der Waals surface area contributed by atoms with Gasteiger partial charge in [-0.3, -0.25) is 14.7 Å². The lowest BCUT2D eigenvalue weighted by molar-refractivity contribution is -0.120. The molecule has 0 radical (unpaired) electrons. The predicted molar refractivity (Wildman–Crippen MR) is 114 cm³/mol. The fourth-order valence-corrected chi connectivity index (χ4v) is 2.86. The monoisotopic (exact) mass is 432 g/mol. The molecule has 2 amide bonds. The number of H-pyrrole nitrogens is 1. The SMILES string of the molecule is COc1ccc(-c2n[nH]c(CNC(=O)CNC(=O)c3cc(-c4ccccc4)on3)n2)cc1. The molecular formula is C22H20N6O4. The van der Waals surface area contributed by atoms with Gasteiger partial charge in [0.2, 0.25) is 5.91 Å². The quantitative estimate of drug-likeness (QED) is 0.388. The summed E-state index contributed by atoms with van der Waals surface area (Å²) in [5.74, 6) is 1.31. The second-order valence-corrected chi connectivity index (χ2v) is 6.74. The summed E-state index contributed by atoms with van der Waals surface area (Å²) in [4.78, 5) is 28.7. The lowest BCUT2D eigenvalue weighted by Gasteiger charge is -2.04. The van der Waals surface area contributed by atoms with Gasteiger partial charge in [0.05, 0.1) is 20.2 Å². The summed E-state index contributed by atoms with van der Waals surface area (Å²) in [5, 5.41) is 15.9. The van der Waals surface area contributed by atoms with Crippen molar-refractivity contribution in [2.24, 2.45) is 0 Å². The van der Waals surface area contributed by atoms with E-state index in [4.69, 9.17) is 9.26 Å². The Kier molecular flexibility index (Phi) is 6.21. The van der Waals surface area contributed by atoms with E-state index >= 15 is 0 Å². The molecule has 0 bridgehead atoms. The van der Waals surface area contributed by atoms with Gasteiger partial charge in [0.25, 0.3) is 5.91 Å². The Hall–Kier alpha value is -4.47. The van der Waals surface area contributed by atoms with Gasteiger partial charge in [0.1, 0.15) is 11.6 Å². The van der Waals surface area contributed by atoms with Gasteiger partial charge in [-0.1, -0.05) is 35.5 Å². The molecule has 4 rings (SSSR count). The van der Waals surface area contributed by atoms with Crippen molar-refractivity contribution >= 4 is 11.8 Å². The van der Waals surface area contributed by atoms with Crippen molar-refractivity contribution in [2.75, 3.05) is 13.7 Å². The first-order valence-electron chi connectivity index (χ1n) is 9.75. The lowest BCUT2D eigenvalue weighted by Crippen LogP contribution is -2.36. The van der Waals surface area contributed by atoms with Crippen molar-refractivity contribution in [1.82, 2.24) is 31.0 Å². The van der Waals surface area contributed by atoms with E-state index in [0.29, 0.717) is 17.4 Å². The second-order valence-electron chi connectivity index (χ2n) is 6.74. The molecule has 32 heavy (non-hydrogen) atoms. The van der Waals surface area contributed by atoms with E-state index in [9.17, 15) is 9.59 Å². The minimum atomic E-state index is -0.507. The average Bonchev–Trinajstić information content (AvgIpc) is 3.52. The number of nitrogens with one attached hydrogen (secondary N) is 3. The van der Waals surface area contributed by atoms with Crippen molar-refractivity contribution in [3.8, 4) is 28.5 Å². The van der Waals surface area contributed by atoms with E-state index in [2.05, 4.69) is 31.0 Å². The van der Waals surface area contributed by atoms with Crippen LogP contribution < -0.4 is 15.4 Å². The van der Waals surface area contributed by atoms with Gasteiger partial charge >= 0.3 is 0 Å². The Morgan fingerprint density at radius 2 is 1.81 bits per heavy atom. The van der Waals surface area contributed by atoms with Gasteiger partial charge in [-0.15, -0.1) is 0 Å². The molecule has 4 aromatic rings.